The van der Waals surface area contributed by atoms with Gasteiger partial charge in [-0.25, -0.2) is 0 Å². The summed E-state index contributed by atoms with van der Waals surface area (Å²) in [5.74, 6) is 0. The molecule has 0 aromatic rings. The van der Waals surface area contributed by atoms with Crippen molar-refractivity contribution in [3.05, 3.63) is 0 Å². The van der Waals surface area contributed by atoms with E-state index in [9.17, 15) is 0 Å². The standard InChI is InChI=1S/C13H29N3/c1-4-6-13(14-7-5-2)12-16-10-8-15(3)9-11-16/h13-14H,4-12H2,1-3H3. The highest BCUT2D eigenvalue weighted by atomic mass is 15.3. The molecule has 3 heteroatoms. The predicted octanol–water partition coefficient (Wildman–Crippen LogP) is 1.40. The van der Waals surface area contributed by atoms with Crippen LogP contribution in [0.1, 0.15) is 33.1 Å². The van der Waals surface area contributed by atoms with Crippen molar-refractivity contribution in [2.75, 3.05) is 46.3 Å². The van der Waals surface area contributed by atoms with Crippen molar-refractivity contribution in [1.82, 2.24) is 15.1 Å². The summed E-state index contributed by atoms with van der Waals surface area (Å²) in [6.07, 6.45) is 3.84. The molecule has 1 atom stereocenters. The Morgan fingerprint density at radius 3 is 2.31 bits per heavy atom. The largest absolute Gasteiger partial charge is 0.313 e. The molecule has 0 radical (unpaired) electrons. The van der Waals surface area contributed by atoms with Gasteiger partial charge in [0.25, 0.3) is 0 Å². The van der Waals surface area contributed by atoms with Gasteiger partial charge in [0.05, 0.1) is 0 Å². The molecule has 1 fully saturated rings. The number of hydrogen-bond acceptors (Lipinski definition) is 3. The van der Waals surface area contributed by atoms with Crippen molar-refractivity contribution < 1.29 is 0 Å². The topological polar surface area (TPSA) is 18.5 Å². The first-order chi connectivity index (χ1) is 7.76. The van der Waals surface area contributed by atoms with Crippen LogP contribution in [-0.2, 0) is 0 Å². The lowest BCUT2D eigenvalue weighted by atomic mass is 10.1. The fourth-order valence-corrected chi connectivity index (χ4v) is 2.30. The minimum Gasteiger partial charge on any atom is -0.313 e. The van der Waals surface area contributed by atoms with E-state index in [-0.39, 0.29) is 0 Å². The SMILES string of the molecule is CCCNC(CCC)CN1CCN(C)CC1. The molecule has 0 aromatic carbocycles. The molecule has 1 rings (SSSR count). The Balaban J connectivity index is 2.24. The number of hydrogen-bond donors (Lipinski definition) is 1. The Morgan fingerprint density at radius 1 is 1.06 bits per heavy atom. The lowest BCUT2D eigenvalue weighted by Gasteiger charge is -2.35. The van der Waals surface area contributed by atoms with Crippen LogP contribution >= 0.6 is 0 Å². The van der Waals surface area contributed by atoms with E-state index in [1.54, 1.807) is 0 Å². The van der Waals surface area contributed by atoms with Gasteiger partial charge in [0.15, 0.2) is 0 Å². The highest BCUT2D eigenvalue weighted by molar-refractivity contribution is 4.76. The molecule has 0 saturated carbocycles. The molecule has 0 bridgehead atoms. The van der Waals surface area contributed by atoms with E-state index < -0.39 is 0 Å². The number of nitrogens with zero attached hydrogens (tertiary/aromatic N) is 2. The van der Waals surface area contributed by atoms with Gasteiger partial charge in [-0.3, -0.25) is 4.90 Å². The minimum absolute atomic E-state index is 0.702. The Kier molecular flexibility index (Phi) is 7.01. The van der Waals surface area contributed by atoms with Crippen molar-refractivity contribution in [1.29, 1.82) is 0 Å². The summed E-state index contributed by atoms with van der Waals surface area (Å²) in [5.41, 5.74) is 0. The molecular weight excluding hydrogens is 198 g/mol. The van der Waals surface area contributed by atoms with Gasteiger partial charge in [0, 0.05) is 38.8 Å². The second-order valence-electron chi connectivity index (χ2n) is 5.04. The third-order valence-corrected chi connectivity index (χ3v) is 3.39. The molecule has 96 valence electrons. The maximum Gasteiger partial charge on any atom is 0.0194 e. The fraction of sp³-hybridized carbons (Fsp3) is 1.00. The molecule has 0 aromatic heterocycles. The molecule has 1 heterocycles. The van der Waals surface area contributed by atoms with Crippen molar-refractivity contribution in [3.8, 4) is 0 Å². The summed E-state index contributed by atoms with van der Waals surface area (Å²) >= 11 is 0. The second kappa shape index (κ2) is 8.04. The van der Waals surface area contributed by atoms with Crippen LogP contribution in [0, 0.1) is 0 Å². The fourth-order valence-electron chi connectivity index (χ4n) is 2.30. The van der Waals surface area contributed by atoms with Gasteiger partial charge in [-0.1, -0.05) is 20.3 Å². The molecule has 0 amide bonds. The quantitative estimate of drug-likeness (QED) is 0.709. The Hall–Kier alpha value is -0.120. The van der Waals surface area contributed by atoms with E-state index in [2.05, 4.69) is 36.0 Å². The predicted molar refractivity (Wildman–Crippen MR) is 70.9 cm³/mol. The van der Waals surface area contributed by atoms with E-state index in [0.717, 1.165) is 0 Å². The maximum atomic E-state index is 3.67. The van der Waals surface area contributed by atoms with E-state index in [1.165, 1.54) is 58.5 Å². The van der Waals surface area contributed by atoms with Crippen LogP contribution in [-0.4, -0.2) is 62.2 Å². The van der Waals surface area contributed by atoms with Crippen LogP contribution in [0.4, 0.5) is 0 Å². The first-order valence-electron chi connectivity index (χ1n) is 6.90. The van der Waals surface area contributed by atoms with E-state index in [4.69, 9.17) is 0 Å². The Morgan fingerprint density at radius 2 is 1.75 bits per heavy atom. The Labute approximate surface area is 101 Å². The van der Waals surface area contributed by atoms with E-state index in [1.807, 2.05) is 0 Å². The van der Waals surface area contributed by atoms with Crippen LogP contribution in [0.5, 0.6) is 0 Å². The summed E-state index contributed by atoms with van der Waals surface area (Å²) in [7, 11) is 2.22. The van der Waals surface area contributed by atoms with Gasteiger partial charge < -0.3 is 10.2 Å². The molecule has 0 spiro atoms. The number of nitrogens with one attached hydrogen (secondary N) is 1. The van der Waals surface area contributed by atoms with Crippen LogP contribution in [0.15, 0.2) is 0 Å². The first-order valence-corrected chi connectivity index (χ1v) is 6.90. The second-order valence-corrected chi connectivity index (χ2v) is 5.04. The molecule has 1 saturated heterocycles. The van der Waals surface area contributed by atoms with Crippen molar-refractivity contribution in [2.45, 2.75) is 39.2 Å². The maximum absolute atomic E-state index is 3.67. The van der Waals surface area contributed by atoms with Gasteiger partial charge in [0.2, 0.25) is 0 Å². The van der Waals surface area contributed by atoms with E-state index in [0.29, 0.717) is 6.04 Å². The molecule has 1 unspecified atom stereocenters. The van der Waals surface area contributed by atoms with Gasteiger partial charge in [-0.15, -0.1) is 0 Å². The van der Waals surface area contributed by atoms with Crippen LogP contribution in [0.25, 0.3) is 0 Å². The van der Waals surface area contributed by atoms with Crippen LogP contribution in [0.2, 0.25) is 0 Å². The minimum atomic E-state index is 0.702. The average molecular weight is 227 g/mol. The van der Waals surface area contributed by atoms with Gasteiger partial charge >= 0.3 is 0 Å². The zero-order chi connectivity index (χ0) is 11.8. The third-order valence-electron chi connectivity index (χ3n) is 3.39. The summed E-state index contributed by atoms with van der Waals surface area (Å²) in [6, 6.07) is 0.702. The smallest absolute Gasteiger partial charge is 0.0194 e. The highest BCUT2D eigenvalue weighted by Crippen LogP contribution is 2.04. The first kappa shape index (κ1) is 13.9. The summed E-state index contributed by atoms with van der Waals surface area (Å²) in [5, 5.41) is 3.67. The monoisotopic (exact) mass is 227 g/mol. The van der Waals surface area contributed by atoms with Crippen molar-refractivity contribution >= 4 is 0 Å². The van der Waals surface area contributed by atoms with E-state index >= 15 is 0 Å². The third kappa shape index (κ3) is 5.28. The van der Waals surface area contributed by atoms with Crippen molar-refractivity contribution in [2.24, 2.45) is 0 Å². The molecule has 3 nitrogen and oxygen atoms in total. The number of rotatable bonds is 7. The molecule has 1 aliphatic rings. The normalized spacial score (nSPS) is 21.2. The zero-order valence-corrected chi connectivity index (χ0v) is 11.3. The molecule has 16 heavy (non-hydrogen) atoms. The van der Waals surface area contributed by atoms with Crippen LogP contribution in [0.3, 0.4) is 0 Å². The number of piperazine rings is 1. The zero-order valence-electron chi connectivity index (χ0n) is 11.3. The van der Waals surface area contributed by atoms with Gasteiger partial charge in [-0.05, 0) is 26.4 Å². The Bertz CT molecular complexity index is 165. The summed E-state index contributed by atoms with van der Waals surface area (Å²) in [4.78, 5) is 5.04. The molecule has 1 aliphatic heterocycles. The average Bonchev–Trinajstić information content (AvgIpc) is 2.29. The van der Waals surface area contributed by atoms with Crippen molar-refractivity contribution in [3.63, 3.8) is 0 Å². The molecular formula is C13H29N3. The van der Waals surface area contributed by atoms with Gasteiger partial charge in [0.1, 0.15) is 0 Å². The summed E-state index contributed by atoms with van der Waals surface area (Å²) in [6.45, 7) is 11.9. The van der Waals surface area contributed by atoms with Crippen LogP contribution < -0.4 is 5.32 Å². The lowest BCUT2D eigenvalue weighted by Crippen LogP contribution is -2.49. The van der Waals surface area contributed by atoms with Gasteiger partial charge in [-0.2, -0.15) is 0 Å². The highest BCUT2D eigenvalue weighted by Gasteiger charge is 2.17. The molecule has 1 N–H and O–H groups in total. The number of likely N-dealkylation sites (N-methyl/N-ethyl adjacent to an activating group) is 1. The lowest BCUT2D eigenvalue weighted by molar-refractivity contribution is 0.140. The molecule has 0 aliphatic carbocycles. The summed E-state index contributed by atoms with van der Waals surface area (Å²) < 4.78 is 0.